The minimum Gasteiger partial charge on any atom is -0.479 e. The van der Waals surface area contributed by atoms with Gasteiger partial charge in [0, 0.05) is 13.8 Å². The van der Waals surface area contributed by atoms with E-state index in [1.165, 1.54) is 20.8 Å². The lowest BCUT2D eigenvalue weighted by atomic mass is 10.3. The molecule has 0 aliphatic carbocycles. The third-order valence-electron chi connectivity index (χ3n) is 1.70. The topological polar surface area (TPSA) is 89.9 Å². The van der Waals surface area contributed by atoms with Gasteiger partial charge in [-0.2, -0.15) is 0 Å². The Hall–Kier alpha value is -2.37. The Kier molecular flexibility index (Phi) is 7.60. The number of carbonyl (C=O) groups is 3. The predicted octanol–water partition coefficient (Wildman–Crippen LogP) is 1.63. The fourth-order valence-corrected chi connectivity index (χ4v) is 0.954. The van der Waals surface area contributed by atoms with Crippen LogP contribution in [0.5, 0.6) is 5.75 Å². The molecule has 0 radical (unpaired) electrons. The number of esters is 2. The largest absolute Gasteiger partial charge is 0.479 e. The molecule has 6 heteroatoms. The maximum absolute atomic E-state index is 10.4. The van der Waals surface area contributed by atoms with E-state index in [4.69, 9.17) is 9.84 Å². The molecular weight excluding hydrogens is 252 g/mol. The molecule has 0 aromatic heterocycles. The number of carboxylic acids is 1. The number of aliphatic carboxylic acids is 1. The van der Waals surface area contributed by atoms with Gasteiger partial charge in [-0.15, -0.1) is 0 Å². The Balaban J connectivity index is 0.000000344. The number of ether oxygens (including phenoxy) is 2. The minimum absolute atomic E-state index is 0.286. The summed E-state index contributed by atoms with van der Waals surface area (Å²) in [6.07, 6.45) is -1.04. The van der Waals surface area contributed by atoms with Gasteiger partial charge in [0.25, 0.3) is 0 Å². The van der Waals surface area contributed by atoms with E-state index in [2.05, 4.69) is 4.74 Å². The predicted molar refractivity (Wildman–Crippen MR) is 66.6 cm³/mol. The molecule has 0 fully saturated rings. The lowest BCUT2D eigenvalue weighted by molar-refractivity contribution is -0.161. The van der Waals surface area contributed by atoms with Crippen molar-refractivity contribution in [3.8, 4) is 5.75 Å². The lowest BCUT2D eigenvalue weighted by Gasteiger charge is -2.04. The normalized spacial score (nSPS) is 10.5. The van der Waals surface area contributed by atoms with Gasteiger partial charge >= 0.3 is 17.9 Å². The monoisotopic (exact) mass is 268 g/mol. The second-order valence-electron chi connectivity index (χ2n) is 3.50. The maximum Gasteiger partial charge on any atom is 0.344 e. The van der Waals surface area contributed by atoms with E-state index in [1.54, 1.807) is 12.1 Å². The number of hydrogen-bond donors (Lipinski definition) is 1. The van der Waals surface area contributed by atoms with Crippen LogP contribution in [-0.4, -0.2) is 29.1 Å². The standard InChI is InChI=1S/C8H8O2.C5H8O4/c1-7(9)10-8-5-3-2-4-6-8;1-3(5(7)8)9-4(2)6/h2-6H,1H3;3H,1-2H3,(H,7,8). The van der Waals surface area contributed by atoms with Crippen LogP contribution in [0.15, 0.2) is 30.3 Å². The van der Waals surface area contributed by atoms with E-state index in [-0.39, 0.29) is 5.97 Å². The van der Waals surface area contributed by atoms with Crippen LogP contribution in [-0.2, 0) is 19.1 Å². The molecule has 6 nitrogen and oxygen atoms in total. The summed E-state index contributed by atoms with van der Waals surface area (Å²) in [6.45, 7) is 3.84. The molecule has 19 heavy (non-hydrogen) atoms. The fraction of sp³-hybridized carbons (Fsp3) is 0.308. The van der Waals surface area contributed by atoms with Gasteiger partial charge in [0.15, 0.2) is 6.10 Å². The SMILES string of the molecule is CC(=O)OC(C)C(=O)O.CC(=O)Oc1ccccc1. The maximum atomic E-state index is 10.4. The Labute approximate surface area is 110 Å². The number of rotatable bonds is 3. The summed E-state index contributed by atoms with van der Waals surface area (Å²) in [4.78, 5) is 30.4. The van der Waals surface area contributed by atoms with Crippen LogP contribution in [0.3, 0.4) is 0 Å². The Morgan fingerprint density at radius 2 is 1.58 bits per heavy atom. The molecule has 1 unspecified atom stereocenters. The molecule has 0 aliphatic rings. The molecule has 0 saturated carbocycles. The van der Waals surface area contributed by atoms with Gasteiger partial charge in [0.05, 0.1) is 0 Å². The molecule has 1 aromatic carbocycles. The number of carbonyl (C=O) groups excluding carboxylic acids is 2. The Morgan fingerprint density at radius 3 is 1.89 bits per heavy atom. The molecule has 0 bridgehead atoms. The van der Waals surface area contributed by atoms with Crippen LogP contribution in [0.25, 0.3) is 0 Å². The van der Waals surface area contributed by atoms with E-state index in [9.17, 15) is 14.4 Å². The molecule has 0 aliphatic heterocycles. The number of para-hydroxylation sites is 1. The van der Waals surface area contributed by atoms with Crippen LogP contribution in [0.2, 0.25) is 0 Å². The molecule has 0 saturated heterocycles. The first kappa shape index (κ1) is 16.6. The van der Waals surface area contributed by atoms with Crippen molar-refractivity contribution in [2.45, 2.75) is 26.9 Å². The molecule has 1 rings (SSSR count). The number of hydrogen-bond acceptors (Lipinski definition) is 5. The fourth-order valence-electron chi connectivity index (χ4n) is 0.954. The van der Waals surface area contributed by atoms with Crippen LogP contribution in [0, 0.1) is 0 Å². The summed E-state index contributed by atoms with van der Waals surface area (Å²) < 4.78 is 9.05. The second kappa shape index (κ2) is 8.68. The Morgan fingerprint density at radius 1 is 1.05 bits per heavy atom. The van der Waals surface area contributed by atoms with E-state index in [0.717, 1.165) is 0 Å². The summed E-state index contributed by atoms with van der Waals surface area (Å²) in [7, 11) is 0. The minimum atomic E-state index is -1.13. The van der Waals surface area contributed by atoms with Crippen LogP contribution in [0.1, 0.15) is 20.8 Å². The first-order chi connectivity index (χ1) is 8.82. The van der Waals surface area contributed by atoms with Crippen LogP contribution in [0.4, 0.5) is 0 Å². The summed E-state index contributed by atoms with van der Waals surface area (Å²) >= 11 is 0. The highest BCUT2D eigenvalue weighted by Gasteiger charge is 2.12. The van der Waals surface area contributed by atoms with E-state index in [1.807, 2.05) is 18.2 Å². The van der Waals surface area contributed by atoms with E-state index >= 15 is 0 Å². The number of benzene rings is 1. The van der Waals surface area contributed by atoms with Gasteiger partial charge in [-0.25, -0.2) is 4.79 Å². The number of carboxylic acid groups (broad SMARTS) is 1. The molecule has 0 amide bonds. The summed E-state index contributed by atoms with van der Waals surface area (Å²) in [5.41, 5.74) is 0. The van der Waals surface area contributed by atoms with Gasteiger partial charge in [0.1, 0.15) is 5.75 Å². The molecule has 1 atom stereocenters. The lowest BCUT2D eigenvalue weighted by Crippen LogP contribution is -2.21. The van der Waals surface area contributed by atoms with Crippen molar-refractivity contribution in [3.63, 3.8) is 0 Å². The van der Waals surface area contributed by atoms with Gasteiger partial charge in [0.2, 0.25) is 0 Å². The van der Waals surface area contributed by atoms with Gasteiger partial charge in [-0.1, -0.05) is 18.2 Å². The summed E-state index contributed by atoms with van der Waals surface area (Å²) in [5, 5.41) is 8.15. The van der Waals surface area contributed by atoms with Crippen molar-refractivity contribution in [1.82, 2.24) is 0 Å². The van der Waals surface area contributed by atoms with Crippen molar-refractivity contribution < 1.29 is 29.0 Å². The summed E-state index contributed by atoms with van der Waals surface area (Å²) in [5.74, 6) is -1.41. The Bertz CT molecular complexity index is 426. The molecule has 1 N–H and O–H groups in total. The van der Waals surface area contributed by atoms with Crippen molar-refractivity contribution >= 4 is 17.9 Å². The van der Waals surface area contributed by atoms with Crippen molar-refractivity contribution in [3.05, 3.63) is 30.3 Å². The third-order valence-corrected chi connectivity index (χ3v) is 1.70. The molecular formula is C13H16O6. The quantitative estimate of drug-likeness (QED) is 0.662. The van der Waals surface area contributed by atoms with E-state index < -0.39 is 18.0 Å². The van der Waals surface area contributed by atoms with Crippen molar-refractivity contribution in [2.75, 3.05) is 0 Å². The average Bonchev–Trinajstić information content (AvgIpc) is 2.29. The molecule has 0 heterocycles. The first-order valence-corrected chi connectivity index (χ1v) is 5.46. The van der Waals surface area contributed by atoms with Crippen molar-refractivity contribution in [1.29, 1.82) is 0 Å². The molecule has 0 spiro atoms. The van der Waals surface area contributed by atoms with Crippen LogP contribution >= 0.6 is 0 Å². The average molecular weight is 268 g/mol. The smallest absolute Gasteiger partial charge is 0.344 e. The zero-order chi connectivity index (χ0) is 14.8. The zero-order valence-electron chi connectivity index (χ0n) is 11.0. The van der Waals surface area contributed by atoms with Gasteiger partial charge < -0.3 is 14.6 Å². The third kappa shape index (κ3) is 9.34. The van der Waals surface area contributed by atoms with E-state index in [0.29, 0.717) is 5.75 Å². The highest BCUT2D eigenvalue weighted by molar-refractivity contribution is 5.76. The highest BCUT2D eigenvalue weighted by atomic mass is 16.6. The summed E-state index contributed by atoms with van der Waals surface area (Å²) in [6, 6.07) is 8.98. The van der Waals surface area contributed by atoms with Gasteiger partial charge in [-0.05, 0) is 19.1 Å². The highest BCUT2D eigenvalue weighted by Crippen LogP contribution is 2.07. The first-order valence-electron chi connectivity index (χ1n) is 5.46. The second-order valence-corrected chi connectivity index (χ2v) is 3.50. The van der Waals surface area contributed by atoms with Gasteiger partial charge in [-0.3, -0.25) is 9.59 Å². The molecule has 104 valence electrons. The van der Waals surface area contributed by atoms with Crippen molar-refractivity contribution in [2.24, 2.45) is 0 Å². The molecule has 1 aromatic rings. The zero-order valence-corrected chi connectivity index (χ0v) is 11.0. The van der Waals surface area contributed by atoms with Crippen LogP contribution < -0.4 is 4.74 Å².